The molecule has 1 unspecified atom stereocenters. The lowest BCUT2D eigenvalue weighted by molar-refractivity contribution is -0.128. The van der Waals surface area contributed by atoms with Crippen LogP contribution in [0, 0.1) is 6.92 Å². The number of carbonyl (C=O) groups is 3. The molecule has 2 amide bonds. The average Bonchev–Trinajstić information content (AvgIpc) is 3.25. The summed E-state index contributed by atoms with van der Waals surface area (Å²) in [5, 5.41) is 10.6. The molecule has 2 heterocycles. The molecule has 8 nitrogen and oxygen atoms in total. The van der Waals surface area contributed by atoms with E-state index in [1.165, 1.54) is 11.3 Å². The summed E-state index contributed by atoms with van der Waals surface area (Å²) in [6.07, 6.45) is 6.51. The van der Waals surface area contributed by atoms with E-state index in [2.05, 4.69) is 39.1 Å². The van der Waals surface area contributed by atoms with Gasteiger partial charge < -0.3 is 30.5 Å². The van der Waals surface area contributed by atoms with Gasteiger partial charge in [-0.2, -0.15) is 0 Å². The van der Waals surface area contributed by atoms with Crippen molar-refractivity contribution >= 4 is 34.2 Å². The molecule has 0 saturated carbocycles. The minimum atomic E-state index is -0.620. The molecule has 0 spiro atoms. The van der Waals surface area contributed by atoms with Crippen molar-refractivity contribution in [3.05, 3.63) is 59.3 Å². The van der Waals surface area contributed by atoms with E-state index in [4.69, 9.17) is 4.74 Å². The Bertz CT molecular complexity index is 1330. The Hall–Kier alpha value is -3.81. The maximum absolute atomic E-state index is 13.2. The lowest BCUT2D eigenvalue weighted by atomic mass is 9.96. The number of fused-ring (bicyclic) bond motifs is 2. The number of aromatic nitrogens is 1. The highest BCUT2D eigenvalue weighted by Gasteiger charge is 2.23. The van der Waals surface area contributed by atoms with Crippen molar-refractivity contribution in [3.8, 4) is 5.75 Å². The first-order chi connectivity index (χ1) is 19.3. The molecule has 0 aliphatic carbocycles. The molecule has 1 aliphatic rings. The van der Waals surface area contributed by atoms with Crippen molar-refractivity contribution in [2.45, 2.75) is 83.7 Å². The second kappa shape index (κ2) is 14.0. The number of ether oxygens (including phenoxy) is 1. The van der Waals surface area contributed by atoms with E-state index in [1.54, 1.807) is 14.0 Å². The molecule has 4 N–H and O–H groups in total. The van der Waals surface area contributed by atoms with Crippen molar-refractivity contribution in [1.82, 2.24) is 15.6 Å². The number of ketones is 1. The van der Waals surface area contributed by atoms with E-state index < -0.39 is 6.04 Å². The SMILES string of the molecule is COc1ccc2[nH]c(C)c(CC(=O)N[C@@H](CCCCCC(C)=O)C(=O)NCCC3CCc4ccccc4N3)c2c1. The number of methoxy groups -OCH3 is 1. The highest BCUT2D eigenvalue weighted by atomic mass is 16.5. The number of aryl methyl sites for hydroxylation is 2. The Labute approximate surface area is 236 Å². The summed E-state index contributed by atoms with van der Waals surface area (Å²) in [4.78, 5) is 41.1. The van der Waals surface area contributed by atoms with Crippen LogP contribution in [0.1, 0.15) is 68.7 Å². The molecule has 4 rings (SSSR count). The molecule has 0 saturated heterocycles. The molecule has 0 bridgehead atoms. The average molecular weight is 547 g/mol. The van der Waals surface area contributed by atoms with E-state index in [1.807, 2.05) is 31.2 Å². The van der Waals surface area contributed by atoms with Crippen molar-refractivity contribution in [2.75, 3.05) is 19.0 Å². The number of hydrogen-bond acceptors (Lipinski definition) is 5. The molecule has 2 atom stereocenters. The summed E-state index contributed by atoms with van der Waals surface area (Å²) in [5.74, 6) is 0.550. The predicted octanol–water partition coefficient (Wildman–Crippen LogP) is 4.98. The molecule has 1 aliphatic heterocycles. The first-order valence-corrected chi connectivity index (χ1v) is 14.4. The number of anilines is 1. The Morgan fingerprint density at radius 3 is 2.73 bits per heavy atom. The highest BCUT2D eigenvalue weighted by molar-refractivity contribution is 5.93. The summed E-state index contributed by atoms with van der Waals surface area (Å²) >= 11 is 0. The third-order valence-electron chi connectivity index (χ3n) is 7.77. The van der Waals surface area contributed by atoms with Gasteiger partial charge in [0.15, 0.2) is 0 Å². The van der Waals surface area contributed by atoms with Gasteiger partial charge >= 0.3 is 0 Å². The van der Waals surface area contributed by atoms with Crippen LogP contribution in [0.4, 0.5) is 5.69 Å². The normalized spacial score (nSPS) is 15.1. The van der Waals surface area contributed by atoms with Crippen LogP contribution in [0.3, 0.4) is 0 Å². The zero-order valence-electron chi connectivity index (χ0n) is 23.9. The number of unbranched alkanes of at least 4 members (excludes halogenated alkanes) is 2. The van der Waals surface area contributed by atoms with Crippen molar-refractivity contribution in [1.29, 1.82) is 0 Å². The van der Waals surface area contributed by atoms with Gasteiger partial charge in [-0.25, -0.2) is 0 Å². The third kappa shape index (κ3) is 7.87. The van der Waals surface area contributed by atoms with E-state index in [0.717, 1.165) is 66.4 Å². The summed E-state index contributed by atoms with van der Waals surface area (Å²) in [6, 6.07) is 13.8. The van der Waals surface area contributed by atoms with Gasteiger partial charge in [0.2, 0.25) is 11.8 Å². The molecular weight excluding hydrogens is 504 g/mol. The van der Waals surface area contributed by atoms with E-state index in [9.17, 15) is 14.4 Å². The number of para-hydroxylation sites is 1. The molecule has 2 aromatic carbocycles. The van der Waals surface area contributed by atoms with Crippen molar-refractivity contribution in [3.63, 3.8) is 0 Å². The van der Waals surface area contributed by atoms with Crippen LogP contribution in [0.25, 0.3) is 10.9 Å². The van der Waals surface area contributed by atoms with Crippen molar-refractivity contribution in [2.24, 2.45) is 0 Å². The molecule has 3 aromatic rings. The zero-order valence-corrected chi connectivity index (χ0v) is 23.9. The van der Waals surface area contributed by atoms with Gasteiger partial charge in [-0.1, -0.05) is 31.0 Å². The van der Waals surface area contributed by atoms with E-state index in [0.29, 0.717) is 25.4 Å². The van der Waals surface area contributed by atoms with E-state index in [-0.39, 0.29) is 24.0 Å². The topological polar surface area (TPSA) is 112 Å². The molecular formula is C32H42N4O4. The number of Topliss-reactive ketones (excluding diaryl/α,β-unsaturated/α-hetero) is 1. The first kappa shape index (κ1) is 29.2. The third-order valence-corrected chi connectivity index (χ3v) is 7.77. The minimum absolute atomic E-state index is 0.159. The quantitative estimate of drug-likeness (QED) is 0.213. The predicted molar refractivity (Wildman–Crippen MR) is 159 cm³/mol. The maximum Gasteiger partial charge on any atom is 0.242 e. The van der Waals surface area contributed by atoms with Gasteiger partial charge in [0.1, 0.15) is 17.6 Å². The van der Waals surface area contributed by atoms with Crippen LogP contribution in [-0.4, -0.2) is 48.3 Å². The largest absolute Gasteiger partial charge is 0.497 e. The zero-order chi connectivity index (χ0) is 28.5. The number of H-pyrrole nitrogens is 1. The van der Waals surface area contributed by atoms with Gasteiger partial charge in [0.05, 0.1) is 13.5 Å². The fourth-order valence-electron chi connectivity index (χ4n) is 5.50. The number of hydrogen-bond donors (Lipinski definition) is 4. The number of benzene rings is 2. The number of carbonyl (C=O) groups excluding carboxylic acids is 3. The summed E-state index contributed by atoms with van der Waals surface area (Å²) in [5.41, 5.74) is 5.27. The highest BCUT2D eigenvalue weighted by Crippen LogP contribution is 2.27. The van der Waals surface area contributed by atoms with Gasteiger partial charge in [0.25, 0.3) is 0 Å². The number of nitrogens with one attached hydrogen (secondary N) is 4. The van der Waals surface area contributed by atoms with E-state index >= 15 is 0 Å². The Morgan fingerprint density at radius 1 is 1.10 bits per heavy atom. The monoisotopic (exact) mass is 546 g/mol. The Kier molecular flexibility index (Phi) is 10.2. The fourth-order valence-corrected chi connectivity index (χ4v) is 5.50. The van der Waals surface area contributed by atoms with Gasteiger partial charge in [0, 0.05) is 41.3 Å². The summed E-state index contributed by atoms with van der Waals surface area (Å²) in [6.45, 7) is 4.08. The summed E-state index contributed by atoms with van der Waals surface area (Å²) in [7, 11) is 1.62. The lowest BCUT2D eigenvalue weighted by Gasteiger charge is -2.27. The second-order valence-electron chi connectivity index (χ2n) is 10.9. The van der Waals surface area contributed by atoms with Gasteiger partial charge in [-0.15, -0.1) is 0 Å². The molecule has 8 heteroatoms. The minimum Gasteiger partial charge on any atom is -0.497 e. The molecule has 40 heavy (non-hydrogen) atoms. The Balaban J connectivity index is 1.34. The second-order valence-corrected chi connectivity index (χ2v) is 10.9. The van der Waals surface area contributed by atoms with Crippen LogP contribution < -0.4 is 20.7 Å². The number of amides is 2. The molecule has 1 aromatic heterocycles. The van der Waals surface area contributed by atoms with Crippen LogP contribution in [0.15, 0.2) is 42.5 Å². The number of rotatable bonds is 14. The van der Waals surface area contributed by atoms with Crippen LogP contribution in [0.2, 0.25) is 0 Å². The number of aromatic amines is 1. The van der Waals surface area contributed by atoms with Gasteiger partial charge in [-0.05, 0) is 81.3 Å². The molecule has 0 fully saturated rings. The first-order valence-electron chi connectivity index (χ1n) is 14.4. The molecule has 214 valence electrons. The maximum atomic E-state index is 13.2. The van der Waals surface area contributed by atoms with Crippen LogP contribution >= 0.6 is 0 Å². The smallest absolute Gasteiger partial charge is 0.242 e. The summed E-state index contributed by atoms with van der Waals surface area (Å²) < 4.78 is 5.37. The fraction of sp³-hybridized carbons (Fsp3) is 0.469. The van der Waals surface area contributed by atoms with Crippen molar-refractivity contribution < 1.29 is 19.1 Å². The van der Waals surface area contributed by atoms with Crippen LogP contribution in [-0.2, 0) is 27.2 Å². The Morgan fingerprint density at radius 2 is 1.93 bits per heavy atom. The standard InChI is InChI=1S/C32H42N4O4/c1-21(37)9-5-4-6-12-30(32(39)33-18-17-24-14-13-23-10-7-8-11-28(23)35-24)36-31(38)20-26-22(2)34-29-16-15-25(40-3)19-27(26)29/h7-8,10-11,15-16,19,24,30,34-35H,4-6,9,12-14,17-18,20H2,1-3H3,(H,33,39)(H,36,38)/t24?,30-/m0/s1. The lowest BCUT2D eigenvalue weighted by Crippen LogP contribution is -2.48. The molecule has 0 radical (unpaired) electrons. The van der Waals surface area contributed by atoms with Gasteiger partial charge in [-0.3, -0.25) is 9.59 Å². The van der Waals surface area contributed by atoms with Crippen LogP contribution in [0.5, 0.6) is 5.75 Å².